The zero-order chi connectivity index (χ0) is 18.7. The summed E-state index contributed by atoms with van der Waals surface area (Å²) < 4.78 is 45.4. The first kappa shape index (κ1) is 17.7. The maximum atomic E-state index is 14.5. The number of halogens is 3. The van der Waals surface area contributed by atoms with Gasteiger partial charge in [0, 0.05) is 23.7 Å². The first-order chi connectivity index (χ1) is 12.5. The van der Waals surface area contributed by atoms with Crippen LogP contribution in [0.5, 0.6) is 0 Å². The van der Waals surface area contributed by atoms with E-state index in [2.05, 4.69) is 10.2 Å². The zero-order valence-corrected chi connectivity index (χ0v) is 13.7. The number of anilines is 1. The van der Waals surface area contributed by atoms with Crippen molar-refractivity contribution in [2.75, 3.05) is 4.90 Å². The molecule has 0 bridgehead atoms. The van der Waals surface area contributed by atoms with Gasteiger partial charge in [-0.1, -0.05) is 12.1 Å². The molecule has 0 atom stereocenters. The van der Waals surface area contributed by atoms with Gasteiger partial charge >= 0.3 is 0 Å². The first-order valence-electron chi connectivity index (χ1n) is 7.68. The largest absolute Gasteiger partial charge is 0.418 e. The molecule has 0 aliphatic heterocycles. The fourth-order valence-electron chi connectivity index (χ4n) is 2.43. The summed E-state index contributed by atoms with van der Waals surface area (Å²) in [5.41, 5.74) is 0.836. The monoisotopic (exact) mass is 361 g/mol. The normalized spacial score (nSPS) is 10.8. The standard InChI is InChI=1S/C18H14F3N3O2/c1-11(25)24(15-4-2-3-14(20)8-15)10-13-6-5-12(7-16(13)21)18-23-22-17(9-19)26-18/h2-8H,9-10H2,1H3. The Morgan fingerprint density at radius 2 is 1.96 bits per heavy atom. The van der Waals surface area contributed by atoms with Crippen molar-refractivity contribution in [1.82, 2.24) is 10.2 Å². The van der Waals surface area contributed by atoms with E-state index >= 15 is 0 Å². The van der Waals surface area contributed by atoms with E-state index in [0.717, 1.165) is 6.07 Å². The van der Waals surface area contributed by atoms with Crippen LogP contribution in [-0.2, 0) is 18.0 Å². The molecular weight excluding hydrogens is 347 g/mol. The molecular formula is C18H14F3N3O2. The van der Waals surface area contributed by atoms with Gasteiger partial charge in [-0.15, -0.1) is 10.2 Å². The van der Waals surface area contributed by atoms with E-state index in [1.807, 2.05) is 0 Å². The van der Waals surface area contributed by atoms with Crippen molar-refractivity contribution in [2.45, 2.75) is 20.1 Å². The second-order valence-electron chi connectivity index (χ2n) is 5.53. The second-order valence-corrected chi connectivity index (χ2v) is 5.53. The number of alkyl halides is 1. The molecule has 26 heavy (non-hydrogen) atoms. The Kier molecular flexibility index (Phi) is 5.01. The lowest BCUT2D eigenvalue weighted by Crippen LogP contribution is -2.28. The highest BCUT2D eigenvalue weighted by atomic mass is 19.1. The molecule has 134 valence electrons. The van der Waals surface area contributed by atoms with E-state index in [9.17, 15) is 18.0 Å². The molecule has 0 N–H and O–H groups in total. The third-order valence-electron chi connectivity index (χ3n) is 3.71. The molecule has 8 heteroatoms. The molecule has 0 saturated heterocycles. The molecule has 1 aromatic heterocycles. The lowest BCUT2D eigenvalue weighted by atomic mass is 10.1. The Morgan fingerprint density at radius 1 is 1.15 bits per heavy atom. The minimum absolute atomic E-state index is 0.00310. The van der Waals surface area contributed by atoms with Gasteiger partial charge in [-0.2, -0.15) is 0 Å². The maximum Gasteiger partial charge on any atom is 0.247 e. The summed E-state index contributed by atoms with van der Waals surface area (Å²) in [6.45, 7) is 0.327. The smallest absolute Gasteiger partial charge is 0.247 e. The van der Waals surface area contributed by atoms with Crippen molar-refractivity contribution in [3.8, 4) is 11.5 Å². The van der Waals surface area contributed by atoms with Crippen molar-refractivity contribution in [2.24, 2.45) is 0 Å². The number of nitrogens with zero attached hydrogens (tertiary/aromatic N) is 3. The average molecular weight is 361 g/mol. The molecule has 0 aliphatic carbocycles. The third-order valence-corrected chi connectivity index (χ3v) is 3.71. The van der Waals surface area contributed by atoms with Crippen LogP contribution in [0.4, 0.5) is 18.9 Å². The highest BCUT2D eigenvalue weighted by molar-refractivity contribution is 5.91. The highest BCUT2D eigenvalue weighted by Crippen LogP contribution is 2.24. The van der Waals surface area contributed by atoms with Crippen LogP contribution in [-0.4, -0.2) is 16.1 Å². The third kappa shape index (κ3) is 3.74. The van der Waals surface area contributed by atoms with E-state index in [1.165, 1.54) is 42.2 Å². The summed E-state index contributed by atoms with van der Waals surface area (Å²) in [4.78, 5) is 13.2. The highest BCUT2D eigenvalue weighted by Gasteiger charge is 2.17. The van der Waals surface area contributed by atoms with Gasteiger partial charge in [-0.25, -0.2) is 13.2 Å². The van der Waals surface area contributed by atoms with Crippen LogP contribution < -0.4 is 4.90 Å². The van der Waals surface area contributed by atoms with Gasteiger partial charge in [0.1, 0.15) is 11.6 Å². The molecule has 0 radical (unpaired) electrons. The van der Waals surface area contributed by atoms with Gasteiger partial charge < -0.3 is 9.32 Å². The van der Waals surface area contributed by atoms with Crippen LogP contribution in [0.25, 0.3) is 11.5 Å². The average Bonchev–Trinajstić information content (AvgIpc) is 3.09. The molecule has 3 rings (SSSR count). The number of carbonyl (C=O) groups is 1. The zero-order valence-electron chi connectivity index (χ0n) is 13.7. The number of benzene rings is 2. The predicted molar refractivity (Wildman–Crippen MR) is 87.8 cm³/mol. The van der Waals surface area contributed by atoms with Crippen LogP contribution in [0.1, 0.15) is 18.4 Å². The van der Waals surface area contributed by atoms with E-state index in [-0.39, 0.29) is 29.8 Å². The number of aromatic nitrogens is 2. The number of hydrogen-bond donors (Lipinski definition) is 0. The van der Waals surface area contributed by atoms with Gasteiger partial charge in [-0.05, 0) is 30.3 Å². The van der Waals surface area contributed by atoms with Crippen molar-refractivity contribution >= 4 is 11.6 Å². The number of hydrogen-bond acceptors (Lipinski definition) is 4. The van der Waals surface area contributed by atoms with Crippen molar-refractivity contribution in [3.05, 3.63) is 65.6 Å². The fourth-order valence-corrected chi connectivity index (χ4v) is 2.43. The first-order valence-corrected chi connectivity index (χ1v) is 7.68. The molecule has 0 unspecified atom stereocenters. The Balaban J connectivity index is 1.87. The molecule has 5 nitrogen and oxygen atoms in total. The Morgan fingerprint density at radius 3 is 2.58 bits per heavy atom. The number of rotatable bonds is 5. The van der Waals surface area contributed by atoms with Crippen molar-refractivity contribution in [1.29, 1.82) is 0 Å². The Bertz CT molecular complexity index is 943. The van der Waals surface area contributed by atoms with Gasteiger partial charge in [0.2, 0.25) is 17.7 Å². The minimum atomic E-state index is -0.908. The molecule has 0 spiro atoms. The van der Waals surface area contributed by atoms with Crippen LogP contribution in [0, 0.1) is 11.6 Å². The van der Waals surface area contributed by atoms with E-state index in [1.54, 1.807) is 6.07 Å². The number of amides is 1. The van der Waals surface area contributed by atoms with Crippen molar-refractivity contribution in [3.63, 3.8) is 0 Å². The summed E-state index contributed by atoms with van der Waals surface area (Å²) in [5.74, 6) is -1.66. The lowest BCUT2D eigenvalue weighted by Gasteiger charge is -2.21. The Labute approximate surface area is 147 Å². The molecule has 0 saturated carbocycles. The molecule has 3 aromatic rings. The summed E-state index contributed by atoms with van der Waals surface area (Å²) in [7, 11) is 0. The molecule has 0 aliphatic rings. The van der Waals surface area contributed by atoms with Crippen LogP contribution in [0.3, 0.4) is 0 Å². The van der Waals surface area contributed by atoms with Crippen molar-refractivity contribution < 1.29 is 22.4 Å². The van der Waals surface area contributed by atoms with Crippen LogP contribution >= 0.6 is 0 Å². The molecule has 1 heterocycles. The van der Waals surface area contributed by atoms with Gasteiger partial charge in [0.05, 0.1) is 6.54 Å². The van der Waals surface area contributed by atoms with Gasteiger partial charge in [-0.3, -0.25) is 4.79 Å². The topological polar surface area (TPSA) is 59.2 Å². The van der Waals surface area contributed by atoms with E-state index in [0.29, 0.717) is 11.3 Å². The fraction of sp³-hybridized carbons (Fsp3) is 0.167. The predicted octanol–water partition coefficient (Wildman–Crippen LogP) is 4.04. The summed E-state index contributed by atoms with van der Waals surface area (Å²) in [6.07, 6.45) is 0. The lowest BCUT2D eigenvalue weighted by molar-refractivity contribution is -0.116. The Hall–Kier alpha value is -3.16. The van der Waals surface area contributed by atoms with Crippen LogP contribution in [0.2, 0.25) is 0 Å². The summed E-state index contributed by atoms with van der Waals surface area (Å²) in [5, 5.41) is 7.13. The number of carbonyl (C=O) groups excluding carboxylic acids is 1. The van der Waals surface area contributed by atoms with E-state index in [4.69, 9.17) is 4.42 Å². The van der Waals surface area contributed by atoms with Gasteiger partial charge in [0.15, 0.2) is 6.67 Å². The molecule has 1 amide bonds. The second kappa shape index (κ2) is 7.38. The maximum absolute atomic E-state index is 14.5. The molecule has 0 fully saturated rings. The van der Waals surface area contributed by atoms with E-state index < -0.39 is 18.3 Å². The summed E-state index contributed by atoms with van der Waals surface area (Å²) >= 11 is 0. The quantitative estimate of drug-likeness (QED) is 0.688. The SMILES string of the molecule is CC(=O)N(Cc1ccc(-c2nnc(CF)o2)cc1F)c1cccc(F)c1. The molecule has 2 aromatic carbocycles. The van der Waals surface area contributed by atoms with Crippen LogP contribution in [0.15, 0.2) is 46.9 Å². The van der Waals surface area contributed by atoms with Gasteiger partial charge in [0.25, 0.3) is 0 Å². The summed E-state index contributed by atoms with van der Waals surface area (Å²) in [6, 6.07) is 9.63. The minimum Gasteiger partial charge on any atom is -0.418 e.